The molecule has 0 aromatic carbocycles. The molecule has 2 fully saturated rings. The van der Waals surface area contributed by atoms with Crippen molar-refractivity contribution in [3.63, 3.8) is 0 Å². The van der Waals surface area contributed by atoms with Crippen molar-refractivity contribution in [1.29, 1.82) is 0 Å². The van der Waals surface area contributed by atoms with Crippen LogP contribution in [0.3, 0.4) is 0 Å². The van der Waals surface area contributed by atoms with Crippen LogP contribution >= 0.6 is 0 Å². The van der Waals surface area contributed by atoms with Gasteiger partial charge in [0.2, 0.25) is 0 Å². The Labute approximate surface area is 204 Å². The zero-order valence-electron chi connectivity index (χ0n) is 19.2. The largest absolute Gasteiger partial charge is 1.00 e. The van der Waals surface area contributed by atoms with Gasteiger partial charge in [0, 0.05) is 0 Å². The zero-order chi connectivity index (χ0) is 19.4. The monoisotopic (exact) mass is 526 g/mol. The Bertz CT molecular complexity index is 755. The summed E-state index contributed by atoms with van der Waals surface area (Å²) in [6.45, 7) is 14.7. The summed E-state index contributed by atoms with van der Waals surface area (Å²) >= 11 is -0.576. The third kappa shape index (κ3) is 4.19. The summed E-state index contributed by atoms with van der Waals surface area (Å²) < 4.78 is 3.04. The molecule has 0 aromatic heterocycles. The first-order valence-electron chi connectivity index (χ1n) is 11.3. The fraction of sp³-hybridized carbons (Fsp3) is 0.680. The molecule has 1 aliphatic heterocycles. The third-order valence-electron chi connectivity index (χ3n) is 8.77. The van der Waals surface area contributed by atoms with Gasteiger partial charge in [-0.05, 0) is 0 Å². The van der Waals surface area contributed by atoms with Crippen molar-refractivity contribution in [1.82, 2.24) is 0 Å². The summed E-state index contributed by atoms with van der Waals surface area (Å²) in [5.41, 5.74) is 8.33. The Kier molecular flexibility index (Phi) is 8.61. The Hall–Kier alpha value is 0.640. The van der Waals surface area contributed by atoms with E-state index in [1.807, 2.05) is 8.85 Å². The van der Waals surface area contributed by atoms with Crippen LogP contribution in [0.2, 0.25) is 27.3 Å². The fourth-order valence-corrected chi connectivity index (χ4v) is 20.7. The summed E-state index contributed by atoms with van der Waals surface area (Å²) in [5, 5.41) is 0. The first-order chi connectivity index (χ1) is 12.8. The summed E-state index contributed by atoms with van der Waals surface area (Å²) in [6, 6.07) is 4.90. The van der Waals surface area contributed by atoms with Crippen LogP contribution in [0.1, 0.15) is 67.2 Å². The number of halogens is 2. The van der Waals surface area contributed by atoms with Crippen molar-refractivity contribution in [2.45, 2.75) is 94.5 Å². The minimum Gasteiger partial charge on any atom is -1.00 e. The predicted octanol–water partition coefficient (Wildman–Crippen LogP) is 2.05. The maximum atomic E-state index is 2.59. The summed E-state index contributed by atoms with van der Waals surface area (Å²) in [7, 11) is -1.05. The SMILES string of the molecule is CCC[Si]1(C2C3=CC=CCC3C[CH]2[Zr+2][C]2=C(C)C(C)=C(C)C2(C)C)CCC1.[Cl-].[Cl-]. The second-order valence-corrected chi connectivity index (χ2v) is 18.9. The molecule has 0 radical (unpaired) electrons. The molecule has 1 heterocycles. The maximum Gasteiger partial charge on any atom is -1.00 e. The van der Waals surface area contributed by atoms with E-state index in [1.54, 1.807) is 41.3 Å². The van der Waals surface area contributed by atoms with Gasteiger partial charge in [-0.25, -0.2) is 0 Å². The number of hydrogen-bond acceptors (Lipinski definition) is 0. The van der Waals surface area contributed by atoms with Crippen LogP contribution in [0.4, 0.5) is 0 Å². The minimum absolute atomic E-state index is 0. The Morgan fingerprint density at radius 2 is 1.79 bits per heavy atom. The van der Waals surface area contributed by atoms with Crippen LogP contribution in [0.25, 0.3) is 0 Å². The van der Waals surface area contributed by atoms with Crippen molar-refractivity contribution >= 4 is 8.07 Å². The molecule has 0 spiro atoms. The van der Waals surface area contributed by atoms with Crippen LogP contribution in [0.5, 0.6) is 0 Å². The predicted molar refractivity (Wildman–Crippen MR) is 117 cm³/mol. The second kappa shape index (κ2) is 9.64. The average molecular weight is 529 g/mol. The Morgan fingerprint density at radius 3 is 2.31 bits per heavy atom. The van der Waals surface area contributed by atoms with Crippen molar-refractivity contribution < 1.29 is 48.0 Å². The number of allylic oxidation sites excluding steroid dienone is 8. The molecule has 0 nitrogen and oxygen atoms in total. The van der Waals surface area contributed by atoms with Crippen LogP contribution in [-0.4, -0.2) is 8.07 Å². The van der Waals surface area contributed by atoms with E-state index < -0.39 is 31.3 Å². The smallest absolute Gasteiger partial charge is 1.00 e. The number of rotatable bonds is 5. The van der Waals surface area contributed by atoms with Gasteiger partial charge in [-0.1, -0.05) is 0 Å². The van der Waals surface area contributed by atoms with E-state index >= 15 is 0 Å². The molecular formula is C25H38Cl2SiZr. The first kappa shape index (κ1) is 25.9. The molecule has 4 rings (SSSR count). The molecule has 29 heavy (non-hydrogen) atoms. The normalized spacial score (nSPS) is 31.4. The van der Waals surface area contributed by atoms with Crippen molar-refractivity contribution in [3.05, 3.63) is 43.8 Å². The quantitative estimate of drug-likeness (QED) is 0.480. The summed E-state index contributed by atoms with van der Waals surface area (Å²) in [4.78, 5) is 0. The van der Waals surface area contributed by atoms with E-state index in [2.05, 4.69) is 59.8 Å². The van der Waals surface area contributed by atoms with E-state index in [0.717, 1.165) is 15.1 Å². The summed E-state index contributed by atoms with van der Waals surface area (Å²) in [6.07, 6.45) is 13.3. The van der Waals surface area contributed by atoms with Gasteiger partial charge >= 0.3 is 181 Å². The van der Waals surface area contributed by atoms with E-state index in [-0.39, 0.29) is 24.8 Å². The first-order valence-corrected chi connectivity index (χ1v) is 16.7. The van der Waals surface area contributed by atoms with Crippen LogP contribution in [-0.2, 0) is 23.2 Å². The van der Waals surface area contributed by atoms with Gasteiger partial charge in [0.25, 0.3) is 0 Å². The number of hydrogen-bond donors (Lipinski definition) is 0. The van der Waals surface area contributed by atoms with Crippen molar-refractivity contribution in [2.24, 2.45) is 11.3 Å². The summed E-state index contributed by atoms with van der Waals surface area (Å²) in [5.74, 6) is 0.910. The average Bonchev–Trinajstić information content (AvgIpc) is 3.04. The van der Waals surface area contributed by atoms with Gasteiger partial charge in [-0.3, -0.25) is 0 Å². The van der Waals surface area contributed by atoms with E-state index in [1.165, 1.54) is 19.3 Å². The minimum atomic E-state index is -1.05. The van der Waals surface area contributed by atoms with E-state index in [9.17, 15) is 0 Å². The molecule has 0 N–H and O–H groups in total. The molecule has 1 saturated carbocycles. The molecule has 3 aliphatic carbocycles. The van der Waals surface area contributed by atoms with Crippen LogP contribution in [0, 0.1) is 11.3 Å². The fourth-order valence-electron chi connectivity index (χ4n) is 6.79. The Morgan fingerprint density at radius 1 is 1.10 bits per heavy atom. The Balaban J connectivity index is 0.00000150. The molecule has 4 heteroatoms. The van der Waals surface area contributed by atoms with Crippen LogP contribution < -0.4 is 24.8 Å². The standard InChI is InChI=1S/C15H23Si.C10H15.2ClH.Zr/c1-2-10-16(11-5-12-16)15-9-8-13-6-3-4-7-14(13)15;1-7-6-10(4,5)9(3)8(7)2;;;/h3-4,7,9,13,15H,2,5-6,8,10-12H2,1H3;1-5H3;2*1H;/q;;;;+2/p-2. The molecule has 0 bridgehead atoms. The van der Waals surface area contributed by atoms with E-state index in [0.29, 0.717) is 5.41 Å². The van der Waals surface area contributed by atoms with Gasteiger partial charge in [0.15, 0.2) is 0 Å². The second-order valence-electron chi connectivity index (χ2n) is 10.3. The van der Waals surface area contributed by atoms with Gasteiger partial charge < -0.3 is 24.8 Å². The molecule has 1 saturated heterocycles. The molecule has 3 atom stereocenters. The van der Waals surface area contributed by atoms with Gasteiger partial charge in [-0.2, -0.15) is 0 Å². The van der Waals surface area contributed by atoms with Gasteiger partial charge in [0.05, 0.1) is 0 Å². The van der Waals surface area contributed by atoms with Gasteiger partial charge in [0.1, 0.15) is 0 Å². The third-order valence-corrected chi connectivity index (χ3v) is 21.3. The number of fused-ring (bicyclic) bond motifs is 1. The molecule has 160 valence electrons. The van der Waals surface area contributed by atoms with Crippen LogP contribution in [0.15, 0.2) is 43.8 Å². The zero-order valence-corrected chi connectivity index (χ0v) is 24.1. The van der Waals surface area contributed by atoms with Gasteiger partial charge in [-0.15, -0.1) is 0 Å². The molecule has 3 unspecified atom stereocenters. The molecule has 4 aliphatic rings. The van der Waals surface area contributed by atoms with Crippen molar-refractivity contribution in [3.8, 4) is 0 Å². The topological polar surface area (TPSA) is 0 Å². The van der Waals surface area contributed by atoms with Crippen molar-refractivity contribution in [2.75, 3.05) is 0 Å². The molecule has 0 aromatic rings. The van der Waals surface area contributed by atoms with E-state index in [4.69, 9.17) is 0 Å². The molecule has 0 amide bonds. The molecular weight excluding hydrogens is 490 g/mol. The maximum absolute atomic E-state index is 2.59.